The summed E-state index contributed by atoms with van der Waals surface area (Å²) in [4.78, 5) is 24.2. The van der Waals surface area contributed by atoms with E-state index in [0.29, 0.717) is 12.8 Å². The quantitative estimate of drug-likeness (QED) is 0.0421. The van der Waals surface area contributed by atoms with E-state index in [1.807, 2.05) is 0 Å². The lowest BCUT2D eigenvalue weighted by molar-refractivity contribution is -0.161. The van der Waals surface area contributed by atoms with Crippen molar-refractivity contribution in [3.05, 3.63) is 36.5 Å². The molecule has 0 amide bonds. The first-order valence-corrected chi connectivity index (χ1v) is 19.6. The molecule has 1 N–H and O–H groups in total. The Morgan fingerprint density at radius 3 is 1.39 bits per heavy atom. The third kappa shape index (κ3) is 35.0. The summed E-state index contributed by atoms with van der Waals surface area (Å²) in [7, 11) is 0. The second-order valence-electron chi connectivity index (χ2n) is 13.0. The van der Waals surface area contributed by atoms with Crippen molar-refractivity contribution in [1.82, 2.24) is 0 Å². The molecular formula is C41H74O5. The molecule has 0 radical (unpaired) electrons. The molecule has 0 aliphatic carbocycles. The Morgan fingerprint density at radius 1 is 0.522 bits per heavy atom. The molecule has 0 heterocycles. The molecule has 268 valence electrons. The van der Waals surface area contributed by atoms with Crippen LogP contribution in [0.4, 0.5) is 0 Å². The van der Waals surface area contributed by atoms with Crippen molar-refractivity contribution in [3.8, 4) is 0 Å². The van der Waals surface area contributed by atoms with Crippen LogP contribution in [-0.4, -0.2) is 36.4 Å². The molecule has 0 aliphatic heterocycles. The number of allylic oxidation sites excluding steroid dienone is 6. The van der Waals surface area contributed by atoms with E-state index in [0.717, 1.165) is 64.2 Å². The first-order valence-electron chi connectivity index (χ1n) is 19.6. The van der Waals surface area contributed by atoms with Crippen LogP contribution in [0.5, 0.6) is 0 Å². The zero-order valence-electron chi connectivity index (χ0n) is 30.3. The Balaban J connectivity index is 3.53. The molecule has 0 spiro atoms. The van der Waals surface area contributed by atoms with Crippen LogP contribution in [0.1, 0.15) is 194 Å². The van der Waals surface area contributed by atoms with Gasteiger partial charge >= 0.3 is 11.9 Å². The van der Waals surface area contributed by atoms with Gasteiger partial charge in [-0.05, 0) is 32.1 Å². The molecular weight excluding hydrogens is 572 g/mol. The zero-order chi connectivity index (χ0) is 33.6. The second-order valence-corrected chi connectivity index (χ2v) is 13.0. The van der Waals surface area contributed by atoms with Gasteiger partial charge in [-0.1, -0.05) is 185 Å². The molecule has 5 heteroatoms. The van der Waals surface area contributed by atoms with Crippen molar-refractivity contribution in [3.63, 3.8) is 0 Å². The highest BCUT2D eigenvalue weighted by Crippen LogP contribution is 2.15. The summed E-state index contributed by atoms with van der Waals surface area (Å²) in [5.74, 6) is -0.610. The Labute approximate surface area is 285 Å². The van der Waals surface area contributed by atoms with E-state index in [-0.39, 0.29) is 25.2 Å². The standard InChI is InChI=1S/C41H74O5/c1-3-5-7-9-11-13-15-17-18-19-20-21-22-24-26-28-30-32-34-36-41(44)46-39(37-42)38-45-40(43)35-33-31-29-27-25-23-16-14-12-10-8-6-4-2/h6,8,10,12,14,16,39,42H,3-5,7,9,11,13,15,17-38H2,1-2H3/b8-6+,12-10+,16-14+. The van der Waals surface area contributed by atoms with Gasteiger partial charge in [-0.3, -0.25) is 9.59 Å². The molecule has 0 bridgehead atoms. The first-order chi connectivity index (χ1) is 22.6. The molecule has 1 unspecified atom stereocenters. The Bertz CT molecular complexity index is 741. The number of carbonyl (C=O) groups excluding carboxylic acids is 2. The Morgan fingerprint density at radius 2 is 0.935 bits per heavy atom. The summed E-state index contributed by atoms with van der Waals surface area (Å²) in [6.07, 6.45) is 44.9. The van der Waals surface area contributed by atoms with E-state index in [1.165, 1.54) is 103 Å². The number of rotatable bonds is 35. The minimum absolute atomic E-state index is 0.0741. The second kappa shape index (κ2) is 37.6. The number of aliphatic hydroxyl groups excluding tert-OH is 1. The highest BCUT2D eigenvalue weighted by molar-refractivity contribution is 5.70. The predicted octanol–water partition coefficient (Wildman–Crippen LogP) is 12.1. The van der Waals surface area contributed by atoms with Crippen molar-refractivity contribution in [1.29, 1.82) is 0 Å². The summed E-state index contributed by atoms with van der Waals surface area (Å²) < 4.78 is 10.6. The third-order valence-electron chi connectivity index (χ3n) is 8.51. The van der Waals surface area contributed by atoms with Crippen molar-refractivity contribution in [2.24, 2.45) is 0 Å². The molecule has 0 saturated heterocycles. The van der Waals surface area contributed by atoms with Gasteiger partial charge in [-0.2, -0.15) is 0 Å². The molecule has 0 aromatic carbocycles. The first kappa shape index (κ1) is 44.1. The summed E-state index contributed by atoms with van der Waals surface area (Å²) in [5.41, 5.74) is 0. The van der Waals surface area contributed by atoms with Gasteiger partial charge < -0.3 is 14.6 Å². The van der Waals surface area contributed by atoms with Gasteiger partial charge in [0, 0.05) is 12.8 Å². The fourth-order valence-electron chi connectivity index (χ4n) is 5.55. The monoisotopic (exact) mass is 647 g/mol. The van der Waals surface area contributed by atoms with Crippen LogP contribution in [0, 0.1) is 0 Å². The SMILES string of the molecule is CC/C=C/C=C/C=C/CCCCCCCC(=O)OCC(CO)OC(=O)CCCCCCCCCCCCCCCCCCCCC. The number of ether oxygens (including phenoxy) is 2. The number of hydrogen-bond donors (Lipinski definition) is 1. The van der Waals surface area contributed by atoms with E-state index in [1.54, 1.807) is 0 Å². The maximum Gasteiger partial charge on any atom is 0.306 e. The van der Waals surface area contributed by atoms with Crippen molar-refractivity contribution in [2.45, 2.75) is 200 Å². The summed E-state index contributed by atoms with van der Waals surface area (Å²) in [6, 6.07) is 0. The number of hydrogen-bond acceptors (Lipinski definition) is 5. The van der Waals surface area contributed by atoms with Crippen LogP contribution in [0.25, 0.3) is 0 Å². The van der Waals surface area contributed by atoms with E-state index in [9.17, 15) is 14.7 Å². The van der Waals surface area contributed by atoms with Crippen LogP contribution in [0.3, 0.4) is 0 Å². The van der Waals surface area contributed by atoms with Gasteiger partial charge in [0.15, 0.2) is 6.10 Å². The minimum atomic E-state index is -0.776. The molecule has 46 heavy (non-hydrogen) atoms. The fraction of sp³-hybridized carbons (Fsp3) is 0.805. The van der Waals surface area contributed by atoms with Crippen molar-refractivity contribution >= 4 is 11.9 Å². The summed E-state index contributed by atoms with van der Waals surface area (Å²) in [5, 5.41) is 9.54. The summed E-state index contributed by atoms with van der Waals surface area (Å²) in [6.45, 7) is 3.99. The van der Waals surface area contributed by atoms with Crippen molar-refractivity contribution in [2.75, 3.05) is 13.2 Å². The molecule has 5 nitrogen and oxygen atoms in total. The highest BCUT2D eigenvalue weighted by atomic mass is 16.6. The van der Waals surface area contributed by atoms with Crippen molar-refractivity contribution < 1.29 is 24.2 Å². The molecule has 0 saturated carbocycles. The smallest absolute Gasteiger partial charge is 0.306 e. The lowest BCUT2D eigenvalue weighted by atomic mass is 10.0. The van der Waals surface area contributed by atoms with Gasteiger partial charge in [0.25, 0.3) is 0 Å². The molecule has 0 aliphatic rings. The number of carbonyl (C=O) groups is 2. The normalized spacial score (nSPS) is 12.5. The molecule has 1 atom stereocenters. The Hall–Kier alpha value is -1.88. The molecule has 0 rings (SSSR count). The third-order valence-corrected chi connectivity index (χ3v) is 8.51. The van der Waals surface area contributed by atoms with Gasteiger partial charge in [0.1, 0.15) is 6.61 Å². The van der Waals surface area contributed by atoms with Gasteiger partial charge in [0.05, 0.1) is 6.61 Å². The number of unbranched alkanes of at least 4 members (excludes halogenated alkanes) is 23. The molecule has 0 aromatic heterocycles. The van der Waals surface area contributed by atoms with Crippen LogP contribution >= 0.6 is 0 Å². The Kier molecular flexibility index (Phi) is 36.0. The van der Waals surface area contributed by atoms with Crippen LogP contribution in [0.15, 0.2) is 36.5 Å². The van der Waals surface area contributed by atoms with Gasteiger partial charge in [0.2, 0.25) is 0 Å². The van der Waals surface area contributed by atoms with Gasteiger partial charge in [-0.25, -0.2) is 0 Å². The average molecular weight is 647 g/mol. The maximum atomic E-state index is 12.2. The van der Waals surface area contributed by atoms with E-state index in [4.69, 9.17) is 9.47 Å². The zero-order valence-corrected chi connectivity index (χ0v) is 30.3. The summed E-state index contributed by atoms with van der Waals surface area (Å²) >= 11 is 0. The average Bonchev–Trinajstić information content (AvgIpc) is 3.06. The minimum Gasteiger partial charge on any atom is -0.462 e. The topological polar surface area (TPSA) is 72.8 Å². The molecule has 0 aromatic rings. The number of aliphatic hydroxyl groups is 1. The molecule has 0 fully saturated rings. The van der Waals surface area contributed by atoms with E-state index >= 15 is 0 Å². The fourth-order valence-corrected chi connectivity index (χ4v) is 5.55. The van der Waals surface area contributed by atoms with Crippen LogP contribution < -0.4 is 0 Å². The van der Waals surface area contributed by atoms with Gasteiger partial charge in [-0.15, -0.1) is 0 Å². The predicted molar refractivity (Wildman–Crippen MR) is 196 cm³/mol. The van der Waals surface area contributed by atoms with Crippen LogP contribution in [-0.2, 0) is 19.1 Å². The maximum absolute atomic E-state index is 12.2. The van der Waals surface area contributed by atoms with E-state index < -0.39 is 6.10 Å². The largest absolute Gasteiger partial charge is 0.462 e. The van der Waals surface area contributed by atoms with E-state index in [2.05, 4.69) is 50.3 Å². The lowest BCUT2D eigenvalue weighted by Gasteiger charge is -2.15. The lowest BCUT2D eigenvalue weighted by Crippen LogP contribution is -2.28. The van der Waals surface area contributed by atoms with Crippen LogP contribution in [0.2, 0.25) is 0 Å². The highest BCUT2D eigenvalue weighted by Gasteiger charge is 2.16. The number of esters is 2.